The van der Waals surface area contributed by atoms with Crippen LogP contribution in [0, 0.1) is 11.6 Å². The van der Waals surface area contributed by atoms with Crippen LogP contribution in [0.5, 0.6) is 0 Å². The second kappa shape index (κ2) is 5.85. The molecule has 2 rings (SSSR count). The molecule has 7 heteroatoms. The molecule has 0 heterocycles. The Kier molecular flexibility index (Phi) is 4.16. The van der Waals surface area contributed by atoms with Gasteiger partial charge in [-0.05, 0) is 30.3 Å². The van der Waals surface area contributed by atoms with Gasteiger partial charge in [-0.25, -0.2) is 8.78 Å². The molecule has 2 aromatic rings. The number of anilines is 2. The van der Waals surface area contributed by atoms with Gasteiger partial charge in [0.2, 0.25) is 0 Å². The number of carbonyl (C=O) groups is 1. The lowest BCUT2D eigenvalue weighted by Gasteiger charge is -2.11. The summed E-state index contributed by atoms with van der Waals surface area (Å²) in [6, 6.07) is 7.45. The minimum absolute atomic E-state index is 0.00731. The van der Waals surface area contributed by atoms with Gasteiger partial charge in [-0.1, -0.05) is 17.7 Å². The fraction of sp³-hybridized carbons (Fsp3) is 0. The first-order valence-corrected chi connectivity index (χ1v) is 5.92. The van der Waals surface area contributed by atoms with Crippen LogP contribution in [0.1, 0.15) is 10.4 Å². The molecule has 0 aromatic heterocycles. The normalized spacial score (nSPS) is 10.2. The Morgan fingerprint density at radius 3 is 2.60 bits per heavy atom. The van der Waals surface area contributed by atoms with E-state index in [1.807, 2.05) is 0 Å². The lowest BCUT2D eigenvalue weighted by atomic mass is 10.1. The van der Waals surface area contributed by atoms with Crippen LogP contribution >= 0.6 is 11.6 Å². The van der Waals surface area contributed by atoms with E-state index in [-0.39, 0.29) is 22.0 Å². The largest absolute Gasteiger partial charge is 0.321 e. The number of amides is 1. The summed E-state index contributed by atoms with van der Waals surface area (Å²) < 4.78 is 26.4. The number of rotatable bonds is 3. The lowest BCUT2D eigenvalue weighted by Crippen LogP contribution is -2.18. The van der Waals surface area contributed by atoms with Gasteiger partial charge >= 0.3 is 0 Å². The third-order valence-electron chi connectivity index (χ3n) is 2.58. The van der Waals surface area contributed by atoms with Crippen LogP contribution in [-0.4, -0.2) is 5.91 Å². The van der Waals surface area contributed by atoms with Crippen LogP contribution in [-0.2, 0) is 0 Å². The molecular weight excluding hydrogens is 288 g/mol. The maximum Gasteiger partial charge on any atom is 0.257 e. The SMILES string of the molecule is NNc1c(F)cccc1C(=O)Nc1ccc(F)cc1Cl. The quantitative estimate of drug-likeness (QED) is 0.602. The van der Waals surface area contributed by atoms with Crippen molar-refractivity contribution in [2.45, 2.75) is 0 Å². The molecular formula is C13H10ClF2N3O. The summed E-state index contributed by atoms with van der Waals surface area (Å²) in [6.45, 7) is 0. The van der Waals surface area contributed by atoms with Crippen molar-refractivity contribution < 1.29 is 13.6 Å². The Labute approximate surface area is 118 Å². The number of para-hydroxylation sites is 1. The molecule has 0 saturated heterocycles. The molecule has 2 aromatic carbocycles. The molecule has 0 aliphatic carbocycles. The molecule has 0 atom stereocenters. The van der Waals surface area contributed by atoms with Gasteiger partial charge in [-0.2, -0.15) is 0 Å². The zero-order chi connectivity index (χ0) is 14.7. The number of carbonyl (C=O) groups excluding carboxylic acids is 1. The number of halogens is 3. The average molecular weight is 298 g/mol. The maximum absolute atomic E-state index is 13.5. The maximum atomic E-state index is 13.5. The highest BCUT2D eigenvalue weighted by Crippen LogP contribution is 2.25. The second-order valence-electron chi connectivity index (χ2n) is 3.89. The van der Waals surface area contributed by atoms with E-state index in [0.717, 1.165) is 18.2 Å². The Bertz CT molecular complexity index is 664. The summed E-state index contributed by atoms with van der Waals surface area (Å²) in [6.07, 6.45) is 0. The summed E-state index contributed by atoms with van der Waals surface area (Å²) in [5, 5.41) is 2.49. The molecule has 0 fully saturated rings. The first-order valence-electron chi connectivity index (χ1n) is 5.54. The zero-order valence-electron chi connectivity index (χ0n) is 10.1. The third kappa shape index (κ3) is 2.87. The van der Waals surface area contributed by atoms with Gasteiger partial charge in [0.1, 0.15) is 11.6 Å². The smallest absolute Gasteiger partial charge is 0.257 e. The topological polar surface area (TPSA) is 67.1 Å². The Hall–Kier alpha value is -2.18. The highest BCUT2D eigenvalue weighted by molar-refractivity contribution is 6.34. The van der Waals surface area contributed by atoms with Crippen molar-refractivity contribution in [3.05, 3.63) is 58.6 Å². The molecule has 0 aliphatic heterocycles. The van der Waals surface area contributed by atoms with E-state index < -0.39 is 17.5 Å². The van der Waals surface area contributed by atoms with Gasteiger partial charge in [-0.15, -0.1) is 0 Å². The number of nitrogen functional groups attached to an aromatic ring is 1. The molecule has 4 N–H and O–H groups in total. The van der Waals surface area contributed by atoms with Crippen LogP contribution in [0.4, 0.5) is 20.2 Å². The molecule has 0 bridgehead atoms. The molecule has 0 saturated carbocycles. The standard InChI is InChI=1S/C13H10ClF2N3O/c14-9-6-7(15)4-5-11(9)18-13(20)8-2-1-3-10(16)12(8)19-17/h1-6,19H,17H2,(H,18,20). The lowest BCUT2D eigenvalue weighted by molar-refractivity contribution is 0.102. The van der Waals surface area contributed by atoms with Crippen molar-refractivity contribution in [3.8, 4) is 0 Å². The minimum atomic E-state index is -0.662. The van der Waals surface area contributed by atoms with E-state index >= 15 is 0 Å². The monoisotopic (exact) mass is 297 g/mol. The third-order valence-corrected chi connectivity index (χ3v) is 2.89. The van der Waals surface area contributed by atoms with Gasteiger partial charge in [0.05, 0.1) is 22.0 Å². The van der Waals surface area contributed by atoms with Crippen LogP contribution in [0.25, 0.3) is 0 Å². The van der Waals surface area contributed by atoms with Gasteiger partial charge in [0.25, 0.3) is 5.91 Å². The number of benzene rings is 2. The number of nitrogens with two attached hydrogens (primary N) is 1. The van der Waals surface area contributed by atoms with Gasteiger partial charge < -0.3 is 10.7 Å². The zero-order valence-corrected chi connectivity index (χ0v) is 10.8. The number of hydrogen-bond donors (Lipinski definition) is 3. The summed E-state index contributed by atoms with van der Waals surface area (Å²) in [7, 11) is 0. The molecule has 4 nitrogen and oxygen atoms in total. The predicted octanol–water partition coefficient (Wildman–Crippen LogP) is 3.16. The van der Waals surface area contributed by atoms with Crippen LogP contribution in [0.3, 0.4) is 0 Å². The molecule has 0 unspecified atom stereocenters. The van der Waals surface area contributed by atoms with E-state index in [1.54, 1.807) is 0 Å². The molecule has 20 heavy (non-hydrogen) atoms. The highest BCUT2D eigenvalue weighted by Gasteiger charge is 2.15. The fourth-order valence-corrected chi connectivity index (χ4v) is 1.86. The van der Waals surface area contributed by atoms with E-state index in [2.05, 4.69) is 10.7 Å². The van der Waals surface area contributed by atoms with E-state index in [0.29, 0.717) is 0 Å². The summed E-state index contributed by atoms with van der Waals surface area (Å²) in [5.41, 5.74) is 2.21. The van der Waals surface area contributed by atoms with Crippen LogP contribution in [0.15, 0.2) is 36.4 Å². The molecule has 0 radical (unpaired) electrons. The average Bonchev–Trinajstić information content (AvgIpc) is 2.41. The minimum Gasteiger partial charge on any atom is -0.321 e. The van der Waals surface area contributed by atoms with Gasteiger partial charge in [0, 0.05) is 0 Å². The van der Waals surface area contributed by atoms with Crippen LogP contribution < -0.4 is 16.6 Å². The predicted molar refractivity (Wildman–Crippen MR) is 73.6 cm³/mol. The van der Waals surface area contributed by atoms with E-state index in [4.69, 9.17) is 17.4 Å². The van der Waals surface area contributed by atoms with Gasteiger partial charge in [0.15, 0.2) is 0 Å². The van der Waals surface area contributed by atoms with E-state index in [9.17, 15) is 13.6 Å². The first-order chi connectivity index (χ1) is 9.52. The number of nitrogens with one attached hydrogen (secondary N) is 2. The van der Waals surface area contributed by atoms with Crippen molar-refractivity contribution in [2.24, 2.45) is 5.84 Å². The number of hydrogen-bond acceptors (Lipinski definition) is 3. The fourth-order valence-electron chi connectivity index (χ4n) is 1.64. The Morgan fingerprint density at radius 1 is 1.20 bits per heavy atom. The van der Waals surface area contributed by atoms with Crippen molar-refractivity contribution in [1.29, 1.82) is 0 Å². The molecule has 0 spiro atoms. The van der Waals surface area contributed by atoms with Crippen molar-refractivity contribution in [2.75, 3.05) is 10.7 Å². The van der Waals surface area contributed by atoms with Crippen LogP contribution in [0.2, 0.25) is 5.02 Å². The van der Waals surface area contributed by atoms with Crippen molar-refractivity contribution in [1.82, 2.24) is 0 Å². The summed E-state index contributed by atoms with van der Waals surface area (Å²) >= 11 is 5.80. The molecule has 104 valence electrons. The van der Waals surface area contributed by atoms with E-state index in [1.165, 1.54) is 18.2 Å². The Balaban J connectivity index is 2.31. The number of hydrazine groups is 1. The van der Waals surface area contributed by atoms with Crippen molar-refractivity contribution in [3.63, 3.8) is 0 Å². The van der Waals surface area contributed by atoms with Crippen molar-refractivity contribution >= 4 is 28.9 Å². The molecule has 0 aliphatic rings. The highest BCUT2D eigenvalue weighted by atomic mass is 35.5. The van der Waals surface area contributed by atoms with Gasteiger partial charge in [-0.3, -0.25) is 10.6 Å². The molecule has 1 amide bonds. The first kappa shape index (κ1) is 14.2. The Morgan fingerprint density at radius 2 is 1.95 bits per heavy atom. The summed E-state index contributed by atoms with van der Waals surface area (Å²) in [4.78, 5) is 12.1. The second-order valence-corrected chi connectivity index (χ2v) is 4.29. The summed E-state index contributed by atoms with van der Waals surface area (Å²) in [5.74, 6) is 3.38.